The minimum absolute atomic E-state index is 0.0194. The molecule has 1 aromatic heterocycles. The van der Waals surface area contributed by atoms with E-state index in [1.54, 1.807) is 24.8 Å². The van der Waals surface area contributed by atoms with Gasteiger partial charge in [0.1, 0.15) is 5.75 Å². The molecule has 0 aliphatic rings. The summed E-state index contributed by atoms with van der Waals surface area (Å²) in [6.07, 6.45) is 0.180. The molecule has 0 aliphatic heterocycles. The van der Waals surface area contributed by atoms with Gasteiger partial charge in [-0.25, -0.2) is 0 Å². The number of amides is 1. The highest BCUT2D eigenvalue weighted by Gasteiger charge is 2.11. The molecule has 8 heteroatoms. The van der Waals surface area contributed by atoms with Crippen LogP contribution >= 0.6 is 11.3 Å². The molecule has 134 valence electrons. The van der Waals surface area contributed by atoms with E-state index >= 15 is 0 Å². The van der Waals surface area contributed by atoms with Gasteiger partial charge in [0.2, 0.25) is 0 Å². The van der Waals surface area contributed by atoms with Gasteiger partial charge < -0.3 is 9.30 Å². The molecule has 26 heavy (non-hydrogen) atoms. The van der Waals surface area contributed by atoms with Crippen molar-refractivity contribution in [2.45, 2.75) is 13.3 Å². The number of ether oxygens (including phenoxy) is 1. The third-order valence-corrected chi connectivity index (χ3v) is 5.13. The number of aromatic nitrogens is 1. The summed E-state index contributed by atoms with van der Waals surface area (Å²) in [6.45, 7) is 1.92. The highest BCUT2D eigenvalue weighted by molar-refractivity contribution is 7.16. The number of nitrogens with zero attached hydrogens (tertiary/aromatic N) is 3. The molecule has 0 atom stereocenters. The van der Waals surface area contributed by atoms with E-state index in [9.17, 15) is 14.9 Å². The van der Waals surface area contributed by atoms with Crippen LogP contribution in [0.5, 0.6) is 5.75 Å². The number of nitro benzene ring substituents is 1. The largest absolute Gasteiger partial charge is 0.496 e. The predicted octanol–water partition coefficient (Wildman–Crippen LogP) is 3.14. The van der Waals surface area contributed by atoms with Crippen molar-refractivity contribution in [3.05, 3.63) is 62.4 Å². The fourth-order valence-corrected chi connectivity index (χ4v) is 3.78. The third kappa shape index (κ3) is 3.50. The van der Waals surface area contributed by atoms with E-state index in [-0.39, 0.29) is 18.0 Å². The lowest BCUT2D eigenvalue weighted by Gasteiger charge is -2.05. The number of rotatable bonds is 4. The van der Waals surface area contributed by atoms with Crippen molar-refractivity contribution in [2.24, 2.45) is 12.0 Å². The van der Waals surface area contributed by atoms with Crippen LogP contribution in [0, 0.1) is 17.0 Å². The van der Waals surface area contributed by atoms with Crippen LogP contribution in [0.4, 0.5) is 5.69 Å². The third-order valence-electron chi connectivity index (χ3n) is 4.04. The van der Waals surface area contributed by atoms with E-state index in [1.807, 2.05) is 25.1 Å². The van der Waals surface area contributed by atoms with Crippen molar-refractivity contribution in [1.82, 2.24) is 4.57 Å². The maximum Gasteiger partial charge on any atom is 0.270 e. The van der Waals surface area contributed by atoms with Crippen molar-refractivity contribution in [1.29, 1.82) is 0 Å². The minimum atomic E-state index is -0.437. The highest BCUT2D eigenvalue weighted by Crippen LogP contribution is 2.23. The quantitative estimate of drug-likeness (QED) is 0.521. The standard InChI is InChI=1S/C18H17N3O4S/c1-11-8-12(4-7-15(11)25-3)9-17(22)19-18-20(2)14-6-5-13(21(23)24)10-16(14)26-18/h4-8,10H,9H2,1-3H3. The molecule has 0 spiro atoms. The number of carbonyl (C=O) groups excluding carboxylic acids is 1. The maximum absolute atomic E-state index is 12.3. The van der Waals surface area contributed by atoms with Gasteiger partial charge in [-0.2, -0.15) is 4.99 Å². The molecule has 0 fully saturated rings. The maximum atomic E-state index is 12.3. The fourth-order valence-electron chi connectivity index (χ4n) is 2.71. The van der Waals surface area contributed by atoms with Crippen LogP contribution in [-0.2, 0) is 18.3 Å². The number of nitro groups is 1. The van der Waals surface area contributed by atoms with Gasteiger partial charge in [0.25, 0.3) is 11.6 Å². The predicted molar refractivity (Wildman–Crippen MR) is 99.5 cm³/mol. The zero-order valence-corrected chi connectivity index (χ0v) is 15.4. The number of thiazole rings is 1. The molecule has 3 aromatic rings. The molecule has 1 amide bonds. The summed E-state index contributed by atoms with van der Waals surface area (Å²) in [6, 6.07) is 10.2. The average Bonchev–Trinajstić information content (AvgIpc) is 2.90. The lowest BCUT2D eigenvalue weighted by atomic mass is 10.1. The Morgan fingerprint density at radius 3 is 2.73 bits per heavy atom. The smallest absolute Gasteiger partial charge is 0.270 e. The summed E-state index contributed by atoms with van der Waals surface area (Å²) < 4.78 is 7.70. The van der Waals surface area contributed by atoms with Crippen LogP contribution in [-0.4, -0.2) is 22.5 Å². The van der Waals surface area contributed by atoms with Gasteiger partial charge in [0.15, 0.2) is 4.80 Å². The molecule has 2 aromatic carbocycles. The molecule has 0 unspecified atom stereocenters. The molecule has 1 heterocycles. The summed E-state index contributed by atoms with van der Waals surface area (Å²) in [5.41, 5.74) is 2.63. The first-order valence-electron chi connectivity index (χ1n) is 7.84. The summed E-state index contributed by atoms with van der Waals surface area (Å²) in [5, 5.41) is 10.9. The van der Waals surface area contributed by atoms with Gasteiger partial charge in [0, 0.05) is 19.2 Å². The number of fused-ring (bicyclic) bond motifs is 1. The Kier molecular flexibility index (Phi) is 4.85. The Bertz CT molecular complexity index is 1080. The molecule has 0 saturated carbocycles. The van der Waals surface area contributed by atoms with Crippen LogP contribution < -0.4 is 9.54 Å². The van der Waals surface area contributed by atoms with E-state index < -0.39 is 4.92 Å². The fraction of sp³-hybridized carbons (Fsp3) is 0.222. The Hall–Kier alpha value is -3.00. The first-order chi connectivity index (χ1) is 12.4. The molecule has 0 aliphatic carbocycles. The van der Waals surface area contributed by atoms with Crippen LogP contribution in [0.15, 0.2) is 41.4 Å². The number of aryl methyl sites for hydroxylation is 2. The summed E-state index contributed by atoms with van der Waals surface area (Å²) in [5.74, 6) is 0.502. The number of non-ortho nitro benzene ring substituents is 1. The van der Waals surface area contributed by atoms with Gasteiger partial charge in [-0.1, -0.05) is 23.5 Å². The second kappa shape index (κ2) is 7.09. The molecule has 0 radical (unpaired) electrons. The molecular weight excluding hydrogens is 354 g/mol. The van der Waals surface area contributed by atoms with E-state index in [1.165, 1.54) is 23.5 Å². The van der Waals surface area contributed by atoms with Crippen molar-refractivity contribution in [3.63, 3.8) is 0 Å². The molecule has 0 N–H and O–H groups in total. The second-order valence-corrected chi connectivity index (χ2v) is 6.85. The van der Waals surface area contributed by atoms with Gasteiger partial charge in [-0.15, -0.1) is 0 Å². The first-order valence-corrected chi connectivity index (χ1v) is 8.65. The molecule has 0 saturated heterocycles. The lowest BCUT2D eigenvalue weighted by molar-refractivity contribution is -0.384. The SMILES string of the molecule is COc1ccc(CC(=O)N=c2sc3cc([N+](=O)[O-])ccc3n2C)cc1C. The summed E-state index contributed by atoms with van der Waals surface area (Å²) >= 11 is 1.25. The molecule has 0 bridgehead atoms. The van der Waals surface area contributed by atoms with Crippen molar-refractivity contribution in [3.8, 4) is 5.75 Å². The van der Waals surface area contributed by atoms with E-state index in [4.69, 9.17) is 4.74 Å². The zero-order chi connectivity index (χ0) is 18.8. The van der Waals surface area contributed by atoms with E-state index in [2.05, 4.69) is 4.99 Å². The number of hydrogen-bond donors (Lipinski definition) is 0. The number of hydrogen-bond acceptors (Lipinski definition) is 5. The normalized spacial score (nSPS) is 11.7. The van der Waals surface area contributed by atoms with E-state index in [0.29, 0.717) is 9.50 Å². The number of methoxy groups -OCH3 is 1. The van der Waals surface area contributed by atoms with Crippen molar-refractivity contribution < 1.29 is 14.5 Å². The van der Waals surface area contributed by atoms with Crippen molar-refractivity contribution >= 4 is 33.1 Å². The van der Waals surface area contributed by atoms with Gasteiger partial charge >= 0.3 is 0 Å². The Balaban J connectivity index is 1.91. The average molecular weight is 371 g/mol. The Morgan fingerprint density at radius 2 is 2.08 bits per heavy atom. The number of carbonyl (C=O) groups is 1. The molecular formula is C18H17N3O4S. The summed E-state index contributed by atoms with van der Waals surface area (Å²) in [4.78, 5) is 27.5. The van der Waals surface area contributed by atoms with Crippen LogP contribution in [0.1, 0.15) is 11.1 Å². The zero-order valence-electron chi connectivity index (χ0n) is 14.6. The van der Waals surface area contributed by atoms with Gasteiger partial charge in [-0.05, 0) is 30.2 Å². The Morgan fingerprint density at radius 1 is 1.31 bits per heavy atom. The van der Waals surface area contributed by atoms with Crippen LogP contribution in [0.3, 0.4) is 0 Å². The molecule has 7 nitrogen and oxygen atoms in total. The van der Waals surface area contributed by atoms with E-state index in [0.717, 1.165) is 22.4 Å². The number of benzene rings is 2. The van der Waals surface area contributed by atoms with Gasteiger partial charge in [-0.3, -0.25) is 14.9 Å². The minimum Gasteiger partial charge on any atom is -0.496 e. The Labute approximate surface area is 153 Å². The highest BCUT2D eigenvalue weighted by atomic mass is 32.1. The van der Waals surface area contributed by atoms with Crippen LogP contribution in [0.25, 0.3) is 10.2 Å². The topological polar surface area (TPSA) is 86.7 Å². The first kappa shape index (κ1) is 17.8. The molecule has 3 rings (SSSR count). The summed E-state index contributed by atoms with van der Waals surface area (Å²) in [7, 11) is 3.39. The second-order valence-electron chi connectivity index (χ2n) is 5.84. The van der Waals surface area contributed by atoms with Crippen molar-refractivity contribution in [2.75, 3.05) is 7.11 Å². The lowest BCUT2D eigenvalue weighted by Crippen LogP contribution is -2.14. The van der Waals surface area contributed by atoms with Gasteiger partial charge in [0.05, 0.1) is 28.7 Å². The monoisotopic (exact) mass is 371 g/mol. The van der Waals surface area contributed by atoms with Crippen LogP contribution in [0.2, 0.25) is 0 Å².